The summed E-state index contributed by atoms with van der Waals surface area (Å²) >= 11 is 0. The quantitative estimate of drug-likeness (QED) is 0.686. The third-order valence-electron chi connectivity index (χ3n) is 3.95. The molecule has 0 heterocycles. The maximum absolute atomic E-state index is 12.0. The van der Waals surface area contributed by atoms with Gasteiger partial charge in [-0.15, -0.1) is 0 Å². The first-order chi connectivity index (χ1) is 9.50. The highest BCUT2D eigenvalue weighted by Crippen LogP contribution is 2.30. The Morgan fingerprint density at radius 2 is 1.85 bits per heavy atom. The minimum absolute atomic E-state index is 0.0379. The lowest BCUT2D eigenvalue weighted by Crippen LogP contribution is -2.32. The van der Waals surface area contributed by atoms with E-state index < -0.39 is 10.0 Å². The minimum Gasteiger partial charge on any atom is -0.399 e. The zero-order valence-electron chi connectivity index (χ0n) is 11.5. The van der Waals surface area contributed by atoms with Crippen LogP contribution in [0, 0.1) is 11.8 Å². The zero-order valence-corrected chi connectivity index (χ0v) is 12.3. The van der Waals surface area contributed by atoms with Crippen molar-refractivity contribution in [3.8, 4) is 0 Å². The Morgan fingerprint density at radius 1 is 1.20 bits per heavy atom. The van der Waals surface area contributed by atoms with Gasteiger partial charge in [-0.2, -0.15) is 0 Å². The summed E-state index contributed by atoms with van der Waals surface area (Å²) in [7, 11) is -3.34. The molecule has 1 fully saturated rings. The number of nitrogens with one attached hydrogen (secondary N) is 1. The summed E-state index contributed by atoms with van der Waals surface area (Å²) in [4.78, 5) is 0. The Morgan fingerprint density at radius 3 is 2.50 bits per heavy atom. The number of aliphatic hydroxyl groups is 1. The predicted molar refractivity (Wildman–Crippen MR) is 79.4 cm³/mol. The highest BCUT2D eigenvalue weighted by molar-refractivity contribution is 7.88. The number of anilines is 1. The molecule has 0 aromatic heterocycles. The van der Waals surface area contributed by atoms with Gasteiger partial charge in [0.1, 0.15) is 0 Å². The van der Waals surface area contributed by atoms with Crippen LogP contribution in [0.25, 0.3) is 0 Å². The molecule has 6 heteroatoms. The fraction of sp³-hybridized carbons (Fsp3) is 0.571. The summed E-state index contributed by atoms with van der Waals surface area (Å²) in [5.41, 5.74) is 6.91. The van der Waals surface area contributed by atoms with E-state index in [4.69, 9.17) is 5.73 Å². The van der Waals surface area contributed by atoms with E-state index in [0.29, 0.717) is 12.2 Å². The molecule has 5 nitrogen and oxygen atoms in total. The molecule has 0 aliphatic heterocycles. The monoisotopic (exact) mass is 298 g/mol. The summed E-state index contributed by atoms with van der Waals surface area (Å²) in [6.45, 7) is 0.562. The van der Waals surface area contributed by atoms with Crippen LogP contribution in [0.15, 0.2) is 24.3 Å². The molecule has 1 aliphatic rings. The summed E-state index contributed by atoms with van der Waals surface area (Å²) in [6.07, 6.45) is 3.03. The SMILES string of the molecule is Nc1ccc(CS(=O)(=O)NCC2CCCC2CO)cc1. The van der Waals surface area contributed by atoms with Crippen LogP contribution in [0.5, 0.6) is 0 Å². The van der Waals surface area contributed by atoms with Crippen LogP contribution in [-0.4, -0.2) is 26.7 Å². The zero-order chi connectivity index (χ0) is 14.6. The Bertz CT molecular complexity index is 528. The molecule has 2 unspecified atom stereocenters. The molecule has 1 aromatic carbocycles. The van der Waals surface area contributed by atoms with Crippen LogP contribution in [0.2, 0.25) is 0 Å². The first-order valence-corrected chi connectivity index (χ1v) is 8.58. The number of hydrogen-bond donors (Lipinski definition) is 3. The molecule has 2 atom stereocenters. The normalized spacial score (nSPS) is 23.1. The van der Waals surface area contributed by atoms with Crippen molar-refractivity contribution in [2.45, 2.75) is 25.0 Å². The van der Waals surface area contributed by atoms with Gasteiger partial charge in [0, 0.05) is 18.8 Å². The Labute approximate surface area is 120 Å². The third kappa shape index (κ3) is 4.19. The number of nitrogen functional groups attached to an aromatic ring is 1. The fourth-order valence-electron chi connectivity index (χ4n) is 2.74. The highest BCUT2D eigenvalue weighted by atomic mass is 32.2. The average molecular weight is 298 g/mol. The topological polar surface area (TPSA) is 92.4 Å². The largest absolute Gasteiger partial charge is 0.399 e. The van der Waals surface area contributed by atoms with Gasteiger partial charge in [-0.3, -0.25) is 0 Å². The van der Waals surface area contributed by atoms with Crippen LogP contribution in [-0.2, 0) is 15.8 Å². The Balaban J connectivity index is 1.89. The van der Waals surface area contributed by atoms with Gasteiger partial charge in [0.2, 0.25) is 10.0 Å². The van der Waals surface area contributed by atoms with Crippen molar-refractivity contribution < 1.29 is 13.5 Å². The van der Waals surface area contributed by atoms with E-state index in [1.807, 2.05) is 0 Å². The number of nitrogens with two attached hydrogens (primary N) is 1. The summed E-state index contributed by atoms with van der Waals surface area (Å²) in [6, 6.07) is 6.84. The second-order valence-corrected chi connectivity index (χ2v) is 7.29. The lowest BCUT2D eigenvalue weighted by Gasteiger charge is -2.17. The number of rotatable bonds is 6. The smallest absolute Gasteiger partial charge is 0.215 e. The molecular weight excluding hydrogens is 276 g/mol. The molecular formula is C14H22N2O3S. The second kappa shape index (κ2) is 6.56. The van der Waals surface area contributed by atoms with Crippen molar-refractivity contribution in [1.29, 1.82) is 0 Å². The second-order valence-electron chi connectivity index (χ2n) is 5.48. The number of hydrogen-bond acceptors (Lipinski definition) is 4. The van der Waals surface area contributed by atoms with Crippen molar-refractivity contribution in [3.05, 3.63) is 29.8 Å². The van der Waals surface area contributed by atoms with Crippen LogP contribution in [0.3, 0.4) is 0 Å². The minimum atomic E-state index is -3.34. The maximum atomic E-state index is 12.0. The highest BCUT2D eigenvalue weighted by Gasteiger charge is 2.27. The van der Waals surface area contributed by atoms with Crippen LogP contribution in [0.1, 0.15) is 24.8 Å². The van der Waals surface area contributed by atoms with Gasteiger partial charge in [0.25, 0.3) is 0 Å². The molecule has 0 radical (unpaired) electrons. The van der Waals surface area contributed by atoms with E-state index in [2.05, 4.69) is 4.72 Å². The van der Waals surface area contributed by atoms with E-state index >= 15 is 0 Å². The first-order valence-electron chi connectivity index (χ1n) is 6.93. The summed E-state index contributed by atoms with van der Waals surface area (Å²) in [5, 5.41) is 9.24. The molecule has 0 amide bonds. The predicted octanol–water partition coefficient (Wildman–Crippen LogP) is 1.10. The maximum Gasteiger partial charge on any atom is 0.215 e. The lowest BCUT2D eigenvalue weighted by molar-refractivity contribution is 0.195. The van der Waals surface area contributed by atoms with Gasteiger partial charge in [-0.25, -0.2) is 13.1 Å². The van der Waals surface area contributed by atoms with Gasteiger partial charge in [0.15, 0.2) is 0 Å². The van der Waals surface area contributed by atoms with Gasteiger partial charge in [-0.1, -0.05) is 18.6 Å². The third-order valence-corrected chi connectivity index (χ3v) is 5.27. The van der Waals surface area contributed by atoms with Crippen molar-refractivity contribution in [3.63, 3.8) is 0 Å². The average Bonchev–Trinajstić information content (AvgIpc) is 2.86. The van der Waals surface area contributed by atoms with E-state index in [-0.39, 0.29) is 24.2 Å². The van der Waals surface area contributed by atoms with Crippen molar-refractivity contribution in [2.75, 3.05) is 18.9 Å². The van der Waals surface area contributed by atoms with Gasteiger partial charge in [0.05, 0.1) is 5.75 Å². The van der Waals surface area contributed by atoms with Gasteiger partial charge >= 0.3 is 0 Å². The van der Waals surface area contributed by atoms with E-state index in [9.17, 15) is 13.5 Å². The van der Waals surface area contributed by atoms with Gasteiger partial charge in [-0.05, 0) is 42.4 Å². The molecule has 112 valence electrons. The first kappa shape index (κ1) is 15.3. The molecule has 0 saturated heterocycles. The number of benzene rings is 1. The van der Waals surface area contributed by atoms with Crippen LogP contribution >= 0.6 is 0 Å². The van der Waals surface area contributed by atoms with Crippen molar-refractivity contribution in [2.24, 2.45) is 11.8 Å². The van der Waals surface area contributed by atoms with Crippen molar-refractivity contribution >= 4 is 15.7 Å². The van der Waals surface area contributed by atoms with Gasteiger partial charge < -0.3 is 10.8 Å². The van der Waals surface area contributed by atoms with Crippen LogP contribution in [0.4, 0.5) is 5.69 Å². The van der Waals surface area contributed by atoms with Crippen LogP contribution < -0.4 is 10.5 Å². The molecule has 4 N–H and O–H groups in total. The Hall–Kier alpha value is -1.11. The van der Waals surface area contributed by atoms with E-state index in [0.717, 1.165) is 24.8 Å². The fourth-order valence-corrected chi connectivity index (χ4v) is 3.94. The van der Waals surface area contributed by atoms with E-state index in [1.54, 1.807) is 24.3 Å². The lowest BCUT2D eigenvalue weighted by atomic mass is 9.97. The molecule has 20 heavy (non-hydrogen) atoms. The van der Waals surface area contributed by atoms with Crippen molar-refractivity contribution in [1.82, 2.24) is 4.72 Å². The summed E-state index contributed by atoms with van der Waals surface area (Å²) < 4.78 is 26.7. The molecule has 0 bridgehead atoms. The summed E-state index contributed by atoms with van der Waals surface area (Å²) in [5.74, 6) is 0.444. The molecule has 2 rings (SSSR count). The van der Waals surface area contributed by atoms with E-state index in [1.165, 1.54) is 0 Å². The number of sulfonamides is 1. The molecule has 0 spiro atoms. The Kier molecular flexibility index (Phi) is 5.01. The molecule has 1 aromatic rings. The molecule has 1 saturated carbocycles. The standard InChI is InChI=1S/C14H22N2O3S/c15-14-6-4-11(5-7-14)10-20(18,19)16-8-12-2-1-3-13(12)9-17/h4-7,12-13,16-17H,1-3,8-10,15H2. The number of aliphatic hydroxyl groups excluding tert-OH is 1. The molecule has 1 aliphatic carbocycles.